The number of hydrogen-bond donors (Lipinski definition) is 0. The van der Waals surface area contributed by atoms with Crippen molar-refractivity contribution in [2.75, 3.05) is 13.2 Å². The molecular formula is C20H25NO5S. The molecule has 146 valence electrons. The van der Waals surface area contributed by atoms with Crippen LogP contribution in [-0.4, -0.2) is 41.3 Å². The highest BCUT2D eigenvalue weighted by atomic mass is 32.2. The number of carbonyl (C=O) groups excluding carboxylic acids is 3. The summed E-state index contributed by atoms with van der Waals surface area (Å²) >= 11 is 0.816. The Labute approximate surface area is 163 Å². The van der Waals surface area contributed by atoms with Crippen LogP contribution in [0, 0.1) is 0 Å². The van der Waals surface area contributed by atoms with Gasteiger partial charge < -0.3 is 9.47 Å². The maximum Gasteiger partial charge on any atom is 0.326 e. The normalized spacial score (nSPS) is 16.7. The minimum Gasteiger partial charge on any atom is -0.490 e. The lowest BCUT2D eigenvalue weighted by Crippen LogP contribution is -2.34. The third-order valence-corrected chi connectivity index (χ3v) is 4.94. The molecule has 1 aliphatic heterocycles. The minimum atomic E-state index is -0.576. The topological polar surface area (TPSA) is 72.9 Å². The summed E-state index contributed by atoms with van der Waals surface area (Å²) in [6, 6.07) is 7.34. The summed E-state index contributed by atoms with van der Waals surface area (Å²) in [5.74, 6) is -0.416. The van der Waals surface area contributed by atoms with Gasteiger partial charge in [0.2, 0.25) is 0 Å². The number of benzene rings is 1. The summed E-state index contributed by atoms with van der Waals surface area (Å²) in [6.07, 6.45) is 4.17. The molecule has 0 N–H and O–H groups in total. The van der Waals surface area contributed by atoms with Gasteiger partial charge in [-0.15, -0.1) is 0 Å². The van der Waals surface area contributed by atoms with Crippen molar-refractivity contribution in [2.24, 2.45) is 0 Å². The van der Waals surface area contributed by atoms with Gasteiger partial charge in [-0.3, -0.25) is 19.3 Å². The van der Waals surface area contributed by atoms with Gasteiger partial charge in [0.25, 0.3) is 11.1 Å². The summed E-state index contributed by atoms with van der Waals surface area (Å²) in [4.78, 5) is 37.7. The van der Waals surface area contributed by atoms with Gasteiger partial charge >= 0.3 is 5.97 Å². The lowest BCUT2D eigenvalue weighted by Gasteiger charge is -2.14. The number of thioether (sulfide) groups is 1. The number of unbranched alkanes of at least 4 members (excludes halogenated alkanes) is 1. The number of carbonyl (C=O) groups is 3. The molecule has 1 fully saturated rings. The van der Waals surface area contributed by atoms with Gasteiger partial charge in [-0.2, -0.15) is 0 Å². The third kappa shape index (κ3) is 5.85. The van der Waals surface area contributed by atoms with Crippen molar-refractivity contribution in [3.8, 4) is 5.75 Å². The fourth-order valence-corrected chi connectivity index (χ4v) is 3.12. The maximum atomic E-state index is 12.5. The summed E-state index contributed by atoms with van der Waals surface area (Å²) < 4.78 is 10.9. The average molecular weight is 391 g/mol. The molecule has 2 amide bonds. The largest absolute Gasteiger partial charge is 0.490 e. The highest BCUT2D eigenvalue weighted by molar-refractivity contribution is 8.18. The zero-order valence-corrected chi connectivity index (χ0v) is 16.7. The molecule has 0 unspecified atom stereocenters. The summed E-state index contributed by atoms with van der Waals surface area (Å²) in [5, 5.41) is -0.473. The molecule has 1 saturated heterocycles. The van der Waals surface area contributed by atoms with Crippen molar-refractivity contribution in [1.29, 1.82) is 0 Å². The zero-order chi connectivity index (χ0) is 19.8. The molecule has 1 aromatic rings. The molecule has 1 aliphatic rings. The van der Waals surface area contributed by atoms with E-state index in [4.69, 9.17) is 9.47 Å². The molecule has 0 saturated carbocycles. The summed E-state index contributed by atoms with van der Waals surface area (Å²) in [5.41, 5.74) is 0.717. The maximum absolute atomic E-state index is 12.5. The number of para-hydroxylation sites is 1. The van der Waals surface area contributed by atoms with Crippen LogP contribution in [0.15, 0.2) is 29.2 Å². The van der Waals surface area contributed by atoms with Crippen molar-refractivity contribution in [3.63, 3.8) is 0 Å². The van der Waals surface area contributed by atoms with E-state index in [0.29, 0.717) is 17.9 Å². The van der Waals surface area contributed by atoms with E-state index in [2.05, 4.69) is 0 Å². The minimum absolute atomic E-state index is 0.0347. The second-order valence-corrected chi connectivity index (χ2v) is 7.21. The molecule has 0 spiro atoms. The molecular weight excluding hydrogens is 366 g/mol. The first-order valence-electron chi connectivity index (χ1n) is 9.12. The van der Waals surface area contributed by atoms with E-state index in [9.17, 15) is 14.4 Å². The highest BCUT2D eigenvalue weighted by Gasteiger charge is 2.36. The van der Waals surface area contributed by atoms with Crippen LogP contribution in [-0.2, 0) is 14.3 Å². The average Bonchev–Trinajstić information content (AvgIpc) is 2.91. The SMILES string of the molecule is CCCCOC(=O)CN1C(=O)S/C(=C/c2ccccc2O[C@@H](C)CC)C1=O. The lowest BCUT2D eigenvalue weighted by atomic mass is 10.1. The second-order valence-electron chi connectivity index (χ2n) is 6.22. The van der Waals surface area contributed by atoms with Crippen LogP contribution in [0.4, 0.5) is 4.79 Å². The fourth-order valence-electron chi connectivity index (χ4n) is 2.29. The van der Waals surface area contributed by atoms with Crippen molar-refractivity contribution < 1.29 is 23.9 Å². The van der Waals surface area contributed by atoms with E-state index in [1.165, 1.54) is 0 Å². The summed E-state index contributed by atoms with van der Waals surface area (Å²) in [6.45, 7) is 5.91. The monoisotopic (exact) mass is 391 g/mol. The molecule has 1 atom stereocenters. The summed E-state index contributed by atoms with van der Waals surface area (Å²) in [7, 11) is 0. The first-order chi connectivity index (χ1) is 13.0. The van der Waals surface area contributed by atoms with Crippen LogP contribution in [0.5, 0.6) is 5.75 Å². The van der Waals surface area contributed by atoms with Gasteiger partial charge in [0, 0.05) is 5.56 Å². The molecule has 1 aromatic carbocycles. The number of amides is 2. The van der Waals surface area contributed by atoms with Crippen LogP contribution in [0.3, 0.4) is 0 Å². The van der Waals surface area contributed by atoms with Crippen molar-refractivity contribution in [3.05, 3.63) is 34.7 Å². The number of imide groups is 1. The van der Waals surface area contributed by atoms with E-state index >= 15 is 0 Å². The predicted molar refractivity (Wildman–Crippen MR) is 105 cm³/mol. The van der Waals surface area contributed by atoms with Crippen LogP contribution in [0.2, 0.25) is 0 Å². The highest BCUT2D eigenvalue weighted by Crippen LogP contribution is 2.34. The van der Waals surface area contributed by atoms with Crippen LogP contribution in [0.1, 0.15) is 45.6 Å². The Balaban J connectivity index is 2.11. The molecule has 0 bridgehead atoms. The van der Waals surface area contributed by atoms with Crippen molar-refractivity contribution in [2.45, 2.75) is 46.1 Å². The van der Waals surface area contributed by atoms with Crippen molar-refractivity contribution >= 4 is 35.0 Å². The van der Waals surface area contributed by atoms with Crippen LogP contribution < -0.4 is 4.74 Å². The number of hydrogen-bond acceptors (Lipinski definition) is 6. The zero-order valence-electron chi connectivity index (χ0n) is 15.9. The Kier molecular flexibility index (Phi) is 7.91. The van der Waals surface area contributed by atoms with Gasteiger partial charge in [0.1, 0.15) is 12.3 Å². The standard InChI is InChI=1S/C20H25NO5S/c1-4-6-11-25-18(22)13-21-19(23)17(27-20(21)24)12-15-9-7-8-10-16(15)26-14(3)5-2/h7-10,12,14H,4-6,11,13H2,1-3H3/b17-12+/t14-/m0/s1. The van der Waals surface area contributed by atoms with E-state index in [1.807, 2.05) is 45.0 Å². The fraction of sp³-hybridized carbons (Fsp3) is 0.450. The van der Waals surface area contributed by atoms with E-state index < -0.39 is 17.1 Å². The van der Waals surface area contributed by atoms with Crippen molar-refractivity contribution in [1.82, 2.24) is 4.90 Å². The lowest BCUT2D eigenvalue weighted by molar-refractivity contribution is -0.146. The van der Waals surface area contributed by atoms with Gasteiger partial charge in [-0.1, -0.05) is 38.5 Å². The van der Waals surface area contributed by atoms with Gasteiger partial charge in [0.05, 0.1) is 17.6 Å². The number of rotatable bonds is 9. The quantitative estimate of drug-likeness (QED) is 0.356. The number of esters is 1. The molecule has 0 radical (unpaired) electrons. The molecule has 7 heteroatoms. The Morgan fingerprint density at radius 1 is 1.26 bits per heavy atom. The van der Waals surface area contributed by atoms with Crippen LogP contribution >= 0.6 is 11.8 Å². The van der Waals surface area contributed by atoms with E-state index in [0.717, 1.165) is 35.9 Å². The number of ether oxygens (including phenoxy) is 2. The molecule has 27 heavy (non-hydrogen) atoms. The Morgan fingerprint density at radius 2 is 2.00 bits per heavy atom. The first-order valence-corrected chi connectivity index (χ1v) is 9.94. The van der Waals surface area contributed by atoms with E-state index in [1.54, 1.807) is 6.08 Å². The second kappa shape index (κ2) is 10.2. The van der Waals surface area contributed by atoms with Crippen LogP contribution in [0.25, 0.3) is 6.08 Å². The molecule has 0 aromatic heterocycles. The predicted octanol–water partition coefficient (Wildman–Crippen LogP) is 4.24. The molecule has 2 rings (SSSR count). The van der Waals surface area contributed by atoms with E-state index in [-0.39, 0.29) is 17.6 Å². The van der Waals surface area contributed by atoms with Gasteiger partial charge in [-0.05, 0) is 43.7 Å². The van der Waals surface area contributed by atoms with Gasteiger partial charge in [-0.25, -0.2) is 0 Å². The molecule has 0 aliphatic carbocycles. The Bertz CT molecular complexity index is 731. The first kappa shape index (κ1) is 21.0. The molecule has 6 nitrogen and oxygen atoms in total. The smallest absolute Gasteiger partial charge is 0.326 e. The number of nitrogens with zero attached hydrogens (tertiary/aromatic N) is 1. The molecule has 1 heterocycles. The Morgan fingerprint density at radius 3 is 2.70 bits per heavy atom. The Hall–Kier alpha value is -2.28. The van der Waals surface area contributed by atoms with Gasteiger partial charge in [0.15, 0.2) is 0 Å². The third-order valence-electron chi connectivity index (χ3n) is 4.03.